The van der Waals surface area contributed by atoms with Gasteiger partial charge in [0.2, 0.25) is 0 Å². The maximum Gasteiger partial charge on any atom is 0.253 e. The average Bonchev–Trinajstić information content (AvgIpc) is 3.29. The number of fused-ring (bicyclic) bond motifs is 1. The lowest BCUT2D eigenvalue weighted by molar-refractivity contribution is 0.0279. The minimum absolute atomic E-state index is 0.102. The van der Waals surface area contributed by atoms with Gasteiger partial charge in [0.1, 0.15) is 0 Å². The molecule has 0 bridgehead atoms. The van der Waals surface area contributed by atoms with E-state index in [-0.39, 0.29) is 22.9 Å². The number of likely N-dealkylation sites (tertiary alicyclic amines) is 2. The molecule has 1 atom stereocenters. The zero-order valence-corrected chi connectivity index (χ0v) is 23.4. The standard InChI is InChI=1S/C30H37Cl2N3O2/c1-20(2)19-34-14-10-30(11-15-34)12-16-35(17-13-30)29(37)22-7-6-21-8-9-26(24(21)18-22)33-28(36)23-4-3-5-25(31)27(23)32/h3-7,18,20,26H,8-17,19H2,1-2H3,(H,33,36). The Hall–Kier alpha value is -2.08. The maximum atomic E-state index is 13.5. The highest BCUT2D eigenvalue weighted by atomic mass is 35.5. The molecule has 1 unspecified atom stereocenters. The molecule has 198 valence electrons. The van der Waals surface area contributed by atoms with E-state index in [4.69, 9.17) is 23.2 Å². The highest BCUT2D eigenvalue weighted by Gasteiger charge is 2.39. The molecular formula is C30H37Cl2N3O2. The number of halogens is 2. The molecule has 0 radical (unpaired) electrons. The lowest BCUT2D eigenvalue weighted by atomic mass is 9.71. The van der Waals surface area contributed by atoms with Gasteiger partial charge in [0.25, 0.3) is 11.8 Å². The second kappa shape index (κ2) is 11.0. The minimum atomic E-state index is -0.247. The van der Waals surface area contributed by atoms with Crippen molar-refractivity contribution in [1.29, 1.82) is 0 Å². The summed E-state index contributed by atoms with van der Waals surface area (Å²) in [5.41, 5.74) is 3.70. The first kappa shape index (κ1) is 26.5. The molecule has 2 amide bonds. The zero-order valence-electron chi connectivity index (χ0n) is 21.9. The highest BCUT2D eigenvalue weighted by Crippen LogP contribution is 2.42. The van der Waals surface area contributed by atoms with E-state index >= 15 is 0 Å². The lowest BCUT2D eigenvalue weighted by Gasteiger charge is -2.47. The normalized spacial score (nSPS) is 21.3. The minimum Gasteiger partial charge on any atom is -0.345 e. The van der Waals surface area contributed by atoms with E-state index < -0.39 is 0 Å². The number of aryl methyl sites for hydroxylation is 1. The van der Waals surface area contributed by atoms with E-state index in [1.165, 1.54) is 38.0 Å². The Morgan fingerprint density at radius 2 is 1.73 bits per heavy atom. The lowest BCUT2D eigenvalue weighted by Crippen LogP contribution is -2.48. The van der Waals surface area contributed by atoms with Crippen LogP contribution in [0.2, 0.25) is 10.0 Å². The Balaban J connectivity index is 1.21. The van der Waals surface area contributed by atoms with Crippen LogP contribution in [-0.2, 0) is 6.42 Å². The number of benzene rings is 2. The van der Waals surface area contributed by atoms with Crippen LogP contribution in [0.1, 0.15) is 83.8 Å². The van der Waals surface area contributed by atoms with Crippen molar-refractivity contribution in [3.8, 4) is 0 Å². The molecule has 0 aromatic heterocycles. The number of carbonyl (C=O) groups excluding carboxylic acids is 2. The van der Waals surface area contributed by atoms with E-state index in [1.807, 2.05) is 17.0 Å². The molecule has 37 heavy (non-hydrogen) atoms. The quantitative estimate of drug-likeness (QED) is 0.477. The number of rotatable bonds is 5. The summed E-state index contributed by atoms with van der Waals surface area (Å²) in [4.78, 5) is 31.0. The molecule has 1 aliphatic carbocycles. The Kier molecular flexibility index (Phi) is 7.86. The Bertz CT molecular complexity index is 1160. The van der Waals surface area contributed by atoms with Gasteiger partial charge >= 0.3 is 0 Å². The molecule has 2 aliphatic heterocycles. The first-order valence-electron chi connectivity index (χ1n) is 13.6. The fourth-order valence-corrected chi connectivity index (χ4v) is 6.78. The summed E-state index contributed by atoms with van der Waals surface area (Å²) in [6.07, 6.45) is 6.36. The van der Waals surface area contributed by atoms with Crippen molar-refractivity contribution >= 4 is 35.0 Å². The van der Waals surface area contributed by atoms with Gasteiger partial charge in [-0.1, -0.05) is 49.2 Å². The summed E-state index contributed by atoms with van der Waals surface area (Å²) in [5, 5.41) is 3.73. The van der Waals surface area contributed by atoms with Crippen molar-refractivity contribution < 1.29 is 9.59 Å². The predicted octanol–water partition coefficient (Wildman–Crippen LogP) is 6.38. The highest BCUT2D eigenvalue weighted by molar-refractivity contribution is 6.43. The van der Waals surface area contributed by atoms with E-state index in [0.717, 1.165) is 44.3 Å². The van der Waals surface area contributed by atoms with Gasteiger partial charge in [0, 0.05) is 25.2 Å². The number of piperidine rings is 2. The second-order valence-electron chi connectivity index (χ2n) is 11.6. The SMILES string of the molecule is CC(C)CN1CCC2(CC1)CCN(C(=O)c1ccc3c(c1)C(NC(=O)c1cccc(Cl)c1Cl)CC3)CC2. The van der Waals surface area contributed by atoms with Gasteiger partial charge in [0.15, 0.2) is 0 Å². The van der Waals surface area contributed by atoms with E-state index in [1.54, 1.807) is 18.2 Å². The van der Waals surface area contributed by atoms with Gasteiger partial charge in [0.05, 0.1) is 21.7 Å². The van der Waals surface area contributed by atoms with E-state index in [2.05, 4.69) is 30.1 Å². The van der Waals surface area contributed by atoms with Crippen LogP contribution in [0.25, 0.3) is 0 Å². The number of nitrogens with zero attached hydrogens (tertiary/aromatic N) is 2. The molecule has 2 heterocycles. The van der Waals surface area contributed by atoms with Gasteiger partial charge in [-0.05, 0) is 98.3 Å². The molecule has 3 aliphatic rings. The third-order valence-electron chi connectivity index (χ3n) is 8.62. The molecule has 5 rings (SSSR count). The van der Waals surface area contributed by atoms with Crippen LogP contribution in [0.3, 0.4) is 0 Å². The van der Waals surface area contributed by atoms with Crippen LogP contribution in [0.4, 0.5) is 0 Å². The van der Waals surface area contributed by atoms with Gasteiger partial charge in [-0.3, -0.25) is 9.59 Å². The Morgan fingerprint density at radius 1 is 1.03 bits per heavy atom. The molecule has 1 spiro atoms. The third-order valence-corrected chi connectivity index (χ3v) is 9.44. The van der Waals surface area contributed by atoms with Crippen LogP contribution in [0.15, 0.2) is 36.4 Å². The Morgan fingerprint density at radius 3 is 2.43 bits per heavy atom. The smallest absolute Gasteiger partial charge is 0.253 e. The summed E-state index contributed by atoms with van der Waals surface area (Å²) in [6.45, 7) is 9.79. The summed E-state index contributed by atoms with van der Waals surface area (Å²) in [7, 11) is 0. The molecule has 2 aromatic carbocycles. The van der Waals surface area contributed by atoms with E-state index in [9.17, 15) is 9.59 Å². The maximum absolute atomic E-state index is 13.5. The fraction of sp³-hybridized carbons (Fsp3) is 0.533. The molecule has 5 nitrogen and oxygen atoms in total. The summed E-state index contributed by atoms with van der Waals surface area (Å²) in [6, 6.07) is 10.9. The van der Waals surface area contributed by atoms with Crippen molar-refractivity contribution in [1.82, 2.24) is 15.1 Å². The predicted molar refractivity (Wildman–Crippen MR) is 150 cm³/mol. The number of nitrogens with one attached hydrogen (secondary N) is 1. The molecule has 0 saturated carbocycles. The van der Waals surface area contributed by atoms with E-state index in [0.29, 0.717) is 27.5 Å². The number of amides is 2. The average molecular weight is 543 g/mol. The van der Waals surface area contributed by atoms with Crippen molar-refractivity contribution in [2.45, 2.75) is 58.4 Å². The molecule has 2 aromatic rings. The van der Waals surface area contributed by atoms with Gasteiger partial charge in [-0.2, -0.15) is 0 Å². The van der Waals surface area contributed by atoms with Crippen LogP contribution < -0.4 is 5.32 Å². The van der Waals surface area contributed by atoms with Crippen LogP contribution in [0, 0.1) is 11.3 Å². The summed E-state index contributed by atoms with van der Waals surface area (Å²) >= 11 is 12.4. The van der Waals surface area contributed by atoms with Crippen molar-refractivity contribution in [3.05, 3.63) is 68.7 Å². The topological polar surface area (TPSA) is 52.6 Å². The largest absolute Gasteiger partial charge is 0.345 e. The monoisotopic (exact) mass is 541 g/mol. The first-order chi connectivity index (χ1) is 17.7. The van der Waals surface area contributed by atoms with Gasteiger partial charge < -0.3 is 15.1 Å². The first-order valence-corrected chi connectivity index (χ1v) is 14.4. The van der Waals surface area contributed by atoms with Gasteiger partial charge in [-0.15, -0.1) is 0 Å². The zero-order chi connectivity index (χ0) is 26.2. The number of carbonyl (C=O) groups is 2. The molecule has 2 saturated heterocycles. The van der Waals surface area contributed by atoms with Crippen molar-refractivity contribution in [3.63, 3.8) is 0 Å². The van der Waals surface area contributed by atoms with Crippen molar-refractivity contribution in [2.24, 2.45) is 11.3 Å². The summed E-state index contributed by atoms with van der Waals surface area (Å²) in [5.74, 6) is 0.566. The summed E-state index contributed by atoms with van der Waals surface area (Å²) < 4.78 is 0. The molecule has 7 heteroatoms. The fourth-order valence-electron chi connectivity index (χ4n) is 6.39. The number of hydrogen-bond acceptors (Lipinski definition) is 3. The second-order valence-corrected chi connectivity index (χ2v) is 12.4. The third kappa shape index (κ3) is 5.69. The van der Waals surface area contributed by atoms with Crippen molar-refractivity contribution in [2.75, 3.05) is 32.7 Å². The molecular weight excluding hydrogens is 505 g/mol. The molecule has 1 N–H and O–H groups in total. The Labute approximate surface area is 230 Å². The van der Waals surface area contributed by atoms with Crippen LogP contribution in [-0.4, -0.2) is 54.3 Å². The molecule has 2 fully saturated rings. The number of hydrogen-bond donors (Lipinski definition) is 1. The van der Waals surface area contributed by atoms with Gasteiger partial charge in [-0.25, -0.2) is 0 Å². The van der Waals surface area contributed by atoms with Crippen LogP contribution in [0.5, 0.6) is 0 Å². The van der Waals surface area contributed by atoms with Crippen LogP contribution >= 0.6 is 23.2 Å².